The monoisotopic (exact) mass is 486 g/mol. The zero-order valence-corrected chi connectivity index (χ0v) is 18.9. The van der Waals surface area contributed by atoms with Gasteiger partial charge in [-0.25, -0.2) is 4.31 Å². The number of nitrogens with zero attached hydrogens (tertiary/aromatic N) is 1. The first-order chi connectivity index (χ1) is 13.4. The maximum atomic E-state index is 13.3. The van der Waals surface area contributed by atoms with Crippen LogP contribution in [0.2, 0.25) is 0 Å². The van der Waals surface area contributed by atoms with Crippen molar-refractivity contribution in [1.82, 2.24) is 5.32 Å². The van der Waals surface area contributed by atoms with Gasteiger partial charge in [0.25, 0.3) is 0 Å². The maximum absolute atomic E-state index is 13.3. The van der Waals surface area contributed by atoms with E-state index >= 15 is 0 Å². The fourth-order valence-electron chi connectivity index (χ4n) is 5.97. The lowest BCUT2D eigenvalue weighted by Gasteiger charge is -2.58. The summed E-state index contributed by atoms with van der Waals surface area (Å²) in [6.45, 7) is 2.97. The highest BCUT2D eigenvalue weighted by Crippen LogP contribution is 2.55. The van der Waals surface area contributed by atoms with Crippen LogP contribution in [0, 0.1) is 17.8 Å². The molecule has 0 heterocycles. The maximum Gasteiger partial charge on any atom is 0.360 e. The Balaban J connectivity index is 1.61. The van der Waals surface area contributed by atoms with Gasteiger partial charge in [0.1, 0.15) is 5.54 Å². The molecule has 4 aliphatic carbocycles. The van der Waals surface area contributed by atoms with Crippen molar-refractivity contribution in [2.45, 2.75) is 63.1 Å². The van der Waals surface area contributed by atoms with Gasteiger partial charge in [-0.1, -0.05) is 12.1 Å². The van der Waals surface area contributed by atoms with Crippen molar-refractivity contribution < 1.29 is 22.9 Å². The molecule has 4 saturated carbocycles. The number of halogens is 1. The second-order valence-corrected chi connectivity index (χ2v) is 11.6. The summed E-state index contributed by atoms with van der Waals surface area (Å²) in [6.07, 6.45) is 4.17. The van der Waals surface area contributed by atoms with Gasteiger partial charge in [-0.2, -0.15) is 8.42 Å². The molecular weight excluding hydrogens is 460 g/mol. The molecule has 2 atom stereocenters. The Hall–Kier alpha value is -1.16. The van der Waals surface area contributed by atoms with Crippen molar-refractivity contribution in [2.75, 3.05) is 4.31 Å². The molecule has 0 aromatic heterocycles. The zero-order chi connectivity index (χ0) is 21.2. The molecule has 1 amide bonds. The highest BCUT2D eigenvalue weighted by atomic mass is 79.9. The number of hydrogen-bond acceptors (Lipinski definition) is 4. The van der Waals surface area contributed by atoms with E-state index in [2.05, 4.69) is 21.2 Å². The Morgan fingerprint density at radius 3 is 2.31 bits per heavy atom. The van der Waals surface area contributed by atoms with E-state index in [0.29, 0.717) is 23.2 Å². The Morgan fingerprint density at radius 1 is 1.21 bits per heavy atom. The van der Waals surface area contributed by atoms with Crippen molar-refractivity contribution in [1.29, 1.82) is 0 Å². The van der Waals surface area contributed by atoms with Crippen LogP contribution in [0.4, 0.5) is 5.69 Å². The van der Waals surface area contributed by atoms with Crippen molar-refractivity contribution in [3.63, 3.8) is 0 Å². The number of rotatable bonds is 5. The summed E-state index contributed by atoms with van der Waals surface area (Å²) in [5.74, 6) is 0.450. The van der Waals surface area contributed by atoms with E-state index in [-0.39, 0.29) is 23.6 Å². The first-order valence-electron chi connectivity index (χ1n) is 9.96. The summed E-state index contributed by atoms with van der Waals surface area (Å²) in [7, 11) is -4.71. The Bertz CT molecular complexity index is 919. The largest absolute Gasteiger partial charge is 0.390 e. The van der Waals surface area contributed by atoms with E-state index in [1.165, 1.54) is 19.9 Å². The minimum absolute atomic E-state index is 0.0824. The van der Waals surface area contributed by atoms with Crippen LogP contribution in [0.3, 0.4) is 0 Å². The van der Waals surface area contributed by atoms with Gasteiger partial charge in [0.2, 0.25) is 5.91 Å². The minimum Gasteiger partial charge on any atom is -0.390 e. The van der Waals surface area contributed by atoms with Gasteiger partial charge < -0.3 is 10.4 Å². The second-order valence-electron chi connectivity index (χ2n) is 9.45. The quantitative estimate of drug-likeness (QED) is 0.554. The molecule has 1 aromatic rings. The Kier molecular flexibility index (Phi) is 5.04. The Morgan fingerprint density at radius 2 is 1.79 bits per heavy atom. The van der Waals surface area contributed by atoms with E-state index < -0.39 is 27.4 Å². The molecule has 1 aromatic carbocycles. The van der Waals surface area contributed by atoms with Crippen LogP contribution >= 0.6 is 15.9 Å². The standard InChI is InChI=1S/C20H27BrN2O5S/c1-19(2,23(29(26,27)28)16-6-4-3-5-15(16)21)18(24)22-17-13-7-12-8-14(17)11-20(25,9-12)10-13/h3-6,12-14,17,25H,7-11H2,1-2H3,(H,22,24)(H,26,27,28). The fourth-order valence-corrected chi connectivity index (χ4v) is 7.61. The predicted octanol–water partition coefficient (Wildman–Crippen LogP) is 2.89. The molecule has 2 unspecified atom stereocenters. The number of carbonyl (C=O) groups is 1. The van der Waals surface area contributed by atoms with Crippen LogP contribution in [-0.4, -0.2) is 41.2 Å². The molecule has 3 N–H and O–H groups in total. The third kappa shape index (κ3) is 3.71. The van der Waals surface area contributed by atoms with Crippen molar-refractivity contribution in [3.05, 3.63) is 28.7 Å². The first-order valence-corrected chi connectivity index (χ1v) is 12.2. The topological polar surface area (TPSA) is 107 Å². The van der Waals surface area contributed by atoms with Crippen LogP contribution in [0.15, 0.2) is 28.7 Å². The second kappa shape index (κ2) is 6.93. The Labute approximate surface area is 179 Å². The van der Waals surface area contributed by atoms with E-state index in [1.807, 2.05) is 0 Å². The molecule has 0 saturated heterocycles. The van der Waals surface area contributed by atoms with Gasteiger partial charge in [-0.3, -0.25) is 9.35 Å². The highest BCUT2D eigenvalue weighted by molar-refractivity contribution is 9.10. The van der Waals surface area contributed by atoms with Crippen molar-refractivity contribution in [3.8, 4) is 0 Å². The van der Waals surface area contributed by atoms with Crippen LogP contribution in [0.1, 0.15) is 46.0 Å². The summed E-state index contributed by atoms with van der Waals surface area (Å²) in [5, 5.41) is 13.8. The number of aliphatic hydroxyl groups is 1. The van der Waals surface area contributed by atoms with Crippen LogP contribution in [0.5, 0.6) is 0 Å². The normalized spacial score (nSPS) is 33.6. The molecule has 5 rings (SSSR count). The molecule has 4 fully saturated rings. The molecule has 160 valence electrons. The lowest BCUT2D eigenvalue weighted by Crippen LogP contribution is -2.65. The number of para-hydroxylation sites is 1. The van der Waals surface area contributed by atoms with Gasteiger partial charge in [0.05, 0.1) is 11.3 Å². The first kappa shape index (κ1) is 21.1. The molecular formula is C20H27BrN2O5S. The summed E-state index contributed by atoms with van der Waals surface area (Å²) in [4.78, 5) is 13.3. The fraction of sp³-hybridized carbons (Fsp3) is 0.650. The number of amides is 1. The molecule has 4 aliphatic rings. The highest BCUT2D eigenvalue weighted by Gasteiger charge is 2.56. The van der Waals surface area contributed by atoms with Crippen LogP contribution in [-0.2, 0) is 15.1 Å². The lowest BCUT2D eigenvalue weighted by molar-refractivity contribution is -0.148. The van der Waals surface area contributed by atoms with Crippen LogP contribution < -0.4 is 9.62 Å². The number of nitrogens with one attached hydrogen (secondary N) is 1. The number of anilines is 1. The molecule has 7 nitrogen and oxygen atoms in total. The van der Waals surface area contributed by atoms with E-state index in [9.17, 15) is 22.9 Å². The summed E-state index contributed by atoms with van der Waals surface area (Å²) >= 11 is 3.31. The zero-order valence-electron chi connectivity index (χ0n) is 16.5. The summed E-state index contributed by atoms with van der Waals surface area (Å²) in [5.41, 5.74) is -1.97. The molecule has 29 heavy (non-hydrogen) atoms. The molecule has 4 bridgehead atoms. The number of hydrogen-bond donors (Lipinski definition) is 3. The minimum atomic E-state index is -4.71. The summed E-state index contributed by atoms with van der Waals surface area (Å²) < 4.78 is 35.7. The van der Waals surface area contributed by atoms with E-state index in [0.717, 1.165) is 23.6 Å². The van der Waals surface area contributed by atoms with Crippen molar-refractivity contribution in [2.24, 2.45) is 17.8 Å². The van der Waals surface area contributed by atoms with Crippen molar-refractivity contribution >= 4 is 37.8 Å². The van der Waals surface area contributed by atoms with Gasteiger partial charge in [-0.05, 0) is 91.8 Å². The van der Waals surface area contributed by atoms with E-state index in [4.69, 9.17) is 0 Å². The average molecular weight is 487 g/mol. The number of benzene rings is 1. The molecule has 0 radical (unpaired) electrons. The smallest absolute Gasteiger partial charge is 0.360 e. The van der Waals surface area contributed by atoms with Gasteiger partial charge in [0, 0.05) is 10.5 Å². The predicted molar refractivity (Wildman–Crippen MR) is 113 cm³/mol. The van der Waals surface area contributed by atoms with E-state index in [1.54, 1.807) is 18.2 Å². The number of carbonyl (C=O) groups excluding carboxylic acids is 1. The third-order valence-electron chi connectivity index (χ3n) is 6.90. The third-order valence-corrected chi connectivity index (χ3v) is 8.69. The lowest BCUT2D eigenvalue weighted by atomic mass is 9.52. The molecule has 9 heteroatoms. The van der Waals surface area contributed by atoms with Gasteiger partial charge >= 0.3 is 10.3 Å². The molecule has 0 aliphatic heterocycles. The molecule has 0 spiro atoms. The summed E-state index contributed by atoms with van der Waals surface area (Å²) in [6, 6.07) is 6.47. The van der Waals surface area contributed by atoms with Gasteiger partial charge in [-0.15, -0.1) is 0 Å². The average Bonchev–Trinajstić information content (AvgIpc) is 2.57. The van der Waals surface area contributed by atoms with Gasteiger partial charge in [0.15, 0.2) is 0 Å². The SMILES string of the molecule is CC(C)(C(=O)NC1C2CC3CC1CC(O)(C3)C2)N(c1ccccc1Br)S(=O)(=O)O. The van der Waals surface area contributed by atoms with Crippen LogP contribution in [0.25, 0.3) is 0 Å².